The van der Waals surface area contributed by atoms with Crippen LogP contribution < -0.4 is 10.5 Å². The number of nitrogens with one attached hydrogen (secondary N) is 1. The number of hydrogen-bond acceptors (Lipinski definition) is 5. The quantitative estimate of drug-likeness (QED) is 0.504. The number of aromatic nitrogens is 2. The normalized spacial score (nSPS) is 11.6. The van der Waals surface area contributed by atoms with Crippen LogP contribution >= 0.6 is 0 Å². The Balaban J connectivity index is 1.86. The van der Waals surface area contributed by atoms with E-state index in [0.29, 0.717) is 22.6 Å². The predicted molar refractivity (Wildman–Crippen MR) is 120 cm³/mol. The third-order valence-corrected chi connectivity index (χ3v) is 6.14. The van der Waals surface area contributed by atoms with E-state index in [9.17, 15) is 8.42 Å². The zero-order chi connectivity index (χ0) is 21.5. The summed E-state index contributed by atoms with van der Waals surface area (Å²) in [7, 11) is -3.83. The smallest absolute Gasteiger partial charge is 0.238 e. The molecule has 0 unspecified atom stereocenters. The molecule has 0 aliphatic heterocycles. The van der Waals surface area contributed by atoms with Crippen molar-refractivity contribution in [2.75, 3.05) is 5.32 Å². The monoisotopic (exact) mass is 418 g/mol. The maximum absolute atomic E-state index is 11.9. The Hall–Kier alpha value is -3.29. The van der Waals surface area contributed by atoms with Crippen molar-refractivity contribution < 1.29 is 8.42 Å². The van der Waals surface area contributed by atoms with Crippen LogP contribution in [-0.4, -0.2) is 18.6 Å². The van der Waals surface area contributed by atoms with Crippen molar-refractivity contribution >= 4 is 32.3 Å². The third-order valence-electron chi connectivity index (χ3n) is 5.09. The number of nitrogens with two attached hydrogens (primary N) is 1. The molecule has 3 aromatic carbocycles. The lowest BCUT2D eigenvalue weighted by Crippen LogP contribution is -2.13. The fraction of sp³-hybridized carbons (Fsp3) is 0.130. The molecule has 1 aromatic heterocycles. The van der Waals surface area contributed by atoms with Crippen LogP contribution in [0.25, 0.3) is 22.0 Å². The van der Waals surface area contributed by atoms with Crippen molar-refractivity contribution in [1.29, 1.82) is 0 Å². The number of rotatable bonds is 4. The van der Waals surface area contributed by atoms with Crippen molar-refractivity contribution in [3.05, 3.63) is 77.4 Å². The molecule has 4 aromatic rings. The Morgan fingerprint density at radius 3 is 2.27 bits per heavy atom. The molecule has 0 aliphatic rings. The zero-order valence-electron chi connectivity index (χ0n) is 17.0. The molecule has 0 spiro atoms. The minimum absolute atomic E-state index is 0.0864. The topological polar surface area (TPSA) is 98.0 Å². The number of fused-ring (bicyclic) bond motifs is 1. The molecule has 152 valence electrons. The van der Waals surface area contributed by atoms with Crippen molar-refractivity contribution in [3.8, 4) is 11.3 Å². The second-order valence-corrected chi connectivity index (χ2v) is 8.94. The number of hydrogen-bond donors (Lipinski definition) is 2. The first-order valence-electron chi connectivity index (χ1n) is 9.47. The van der Waals surface area contributed by atoms with Crippen molar-refractivity contribution in [2.45, 2.75) is 25.7 Å². The molecule has 0 radical (unpaired) electrons. The third kappa shape index (κ3) is 3.77. The minimum atomic E-state index is -3.83. The molecule has 0 saturated heterocycles. The minimum Gasteiger partial charge on any atom is -0.338 e. The van der Waals surface area contributed by atoms with E-state index >= 15 is 0 Å². The summed E-state index contributed by atoms with van der Waals surface area (Å²) < 4.78 is 23.9. The van der Waals surface area contributed by atoms with E-state index in [1.54, 1.807) is 19.1 Å². The highest BCUT2D eigenvalue weighted by Crippen LogP contribution is 2.33. The summed E-state index contributed by atoms with van der Waals surface area (Å²) in [5, 5.41) is 19.3. The average Bonchev–Trinajstić information content (AvgIpc) is 2.70. The van der Waals surface area contributed by atoms with E-state index < -0.39 is 10.0 Å². The summed E-state index contributed by atoms with van der Waals surface area (Å²) in [4.78, 5) is 0.0864. The van der Waals surface area contributed by atoms with Gasteiger partial charge < -0.3 is 5.32 Å². The number of anilines is 2. The highest BCUT2D eigenvalue weighted by molar-refractivity contribution is 7.89. The molecule has 3 N–H and O–H groups in total. The molecule has 0 saturated carbocycles. The van der Waals surface area contributed by atoms with Crippen LogP contribution in [0.4, 0.5) is 11.5 Å². The first-order chi connectivity index (χ1) is 14.2. The van der Waals surface area contributed by atoms with Crippen LogP contribution in [-0.2, 0) is 10.0 Å². The lowest BCUT2D eigenvalue weighted by atomic mass is 10.0. The second-order valence-electron chi connectivity index (χ2n) is 7.41. The highest BCUT2D eigenvalue weighted by atomic mass is 32.2. The summed E-state index contributed by atoms with van der Waals surface area (Å²) in [5.74, 6) is 0.639. The molecular weight excluding hydrogens is 396 g/mol. The van der Waals surface area contributed by atoms with Crippen LogP contribution in [0.2, 0.25) is 0 Å². The van der Waals surface area contributed by atoms with Crippen molar-refractivity contribution in [1.82, 2.24) is 10.2 Å². The molecule has 0 atom stereocenters. The molecular formula is C23H22N4O2S. The molecule has 7 heteroatoms. The number of nitrogens with zero attached hydrogens (tertiary/aromatic N) is 2. The molecule has 4 rings (SSSR count). The standard InChI is InChI=1S/C23H22N4O2S/c1-14-8-11-20(16(3)12-14)25-23-19-7-5-4-6-18(19)22(26-27-23)17-10-9-15(2)21(13-17)30(24,28)29/h4-13H,1-3H3,(H,25,27)(H2,24,28,29). The van der Waals surface area contributed by atoms with Crippen LogP contribution in [0.15, 0.2) is 65.6 Å². The fourth-order valence-electron chi connectivity index (χ4n) is 3.54. The first kappa shape index (κ1) is 20.0. The first-order valence-corrected chi connectivity index (χ1v) is 11.0. The molecule has 1 heterocycles. The lowest BCUT2D eigenvalue weighted by molar-refractivity contribution is 0.597. The summed E-state index contributed by atoms with van der Waals surface area (Å²) in [6.45, 7) is 5.81. The van der Waals surface area contributed by atoms with Crippen LogP contribution in [0.3, 0.4) is 0 Å². The van der Waals surface area contributed by atoms with Gasteiger partial charge in [0.25, 0.3) is 0 Å². The highest BCUT2D eigenvalue weighted by Gasteiger charge is 2.16. The van der Waals surface area contributed by atoms with E-state index in [2.05, 4.69) is 28.5 Å². The Morgan fingerprint density at radius 2 is 1.57 bits per heavy atom. The van der Waals surface area contributed by atoms with E-state index in [1.807, 2.05) is 49.4 Å². The van der Waals surface area contributed by atoms with Crippen molar-refractivity contribution in [2.24, 2.45) is 5.14 Å². The van der Waals surface area contributed by atoms with Gasteiger partial charge in [-0.3, -0.25) is 0 Å². The van der Waals surface area contributed by atoms with Gasteiger partial charge in [-0.15, -0.1) is 10.2 Å². The van der Waals surface area contributed by atoms with E-state index in [-0.39, 0.29) is 4.90 Å². The maximum Gasteiger partial charge on any atom is 0.238 e. The number of aryl methyl sites for hydroxylation is 3. The van der Waals surface area contributed by atoms with Gasteiger partial charge in [-0.05, 0) is 44.0 Å². The summed E-state index contributed by atoms with van der Waals surface area (Å²) in [6.07, 6.45) is 0. The molecule has 30 heavy (non-hydrogen) atoms. The summed E-state index contributed by atoms with van der Waals surface area (Å²) in [6, 6.07) is 19.1. The van der Waals surface area contributed by atoms with Crippen molar-refractivity contribution in [3.63, 3.8) is 0 Å². The van der Waals surface area contributed by atoms with E-state index in [4.69, 9.17) is 5.14 Å². The van der Waals surface area contributed by atoms with E-state index in [0.717, 1.165) is 22.0 Å². The van der Waals surface area contributed by atoms with Crippen LogP contribution in [0, 0.1) is 20.8 Å². The van der Waals surface area contributed by atoms with Gasteiger partial charge in [0.15, 0.2) is 5.82 Å². The molecule has 0 amide bonds. The SMILES string of the molecule is Cc1ccc(Nc2nnc(-c3ccc(C)c(S(N)(=O)=O)c3)c3ccccc23)c(C)c1. The Morgan fingerprint density at radius 1 is 0.833 bits per heavy atom. The maximum atomic E-state index is 11.9. The van der Waals surface area contributed by atoms with Gasteiger partial charge in [0.05, 0.1) is 4.90 Å². The molecule has 0 fully saturated rings. The van der Waals surface area contributed by atoms with Gasteiger partial charge in [-0.25, -0.2) is 13.6 Å². The summed E-state index contributed by atoms with van der Waals surface area (Å²) >= 11 is 0. The Kier molecular flexibility index (Phi) is 5.01. The number of benzene rings is 3. The van der Waals surface area contributed by atoms with Gasteiger partial charge in [0.2, 0.25) is 10.0 Å². The second kappa shape index (κ2) is 7.51. The molecule has 0 bridgehead atoms. The van der Waals surface area contributed by atoms with Gasteiger partial charge in [-0.1, -0.05) is 54.1 Å². The molecule has 0 aliphatic carbocycles. The average molecular weight is 419 g/mol. The van der Waals surface area contributed by atoms with Crippen LogP contribution in [0.1, 0.15) is 16.7 Å². The van der Waals surface area contributed by atoms with E-state index in [1.165, 1.54) is 5.56 Å². The number of primary sulfonamides is 1. The van der Waals surface area contributed by atoms with Gasteiger partial charge in [0.1, 0.15) is 5.69 Å². The predicted octanol–water partition coefficient (Wildman–Crippen LogP) is 4.61. The lowest BCUT2D eigenvalue weighted by Gasteiger charge is -2.14. The Bertz CT molecular complexity index is 1380. The molecule has 6 nitrogen and oxygen atoms in total. The van der Waals surface area contributed by atoms with Crippen LogP contribution in [0.5, 0.6) is 0 Å². The van der Waals surface area contributed by atoms with Gasteiger partial charge in [0, 0.05) is 22.0 Å². The number of sulfonamides is 1. The zero-order valence-corrected chi connectivity index (χ0v) is 17.8. The Labute approximate surface area is 175 Å². The van der Waals surface area contributed by atoms with Gasteiger partial charge >= 0.3 is 0 Å². The fourth-order valence-corrected chi connectivity index (χ4v) is 4.35. The largest absolute Gasteiger partial charge is 0.338 e. The van der Waals surface area contributed by atoms with Gasteiger partial charge in [-0.2, -0.15) is 0 Å². The summed E-state index contributed by atoms with van der Waals surface area (Å²) in [5.41, 5.74) is 5.09.